The van der Waals surface area contributed by atoms with Gasteiger partial charge in [-0.05, 0) is 36.2 Å². The number of imide groups is 1. The minimum atomic E-state index is -0.706. The zero-order chi connectivity index (χ0) is 19.5. The Morgan fingerprint density at radius 2 is 1.89 bits per heavy atom. The van der Waals surface area contributed by atoms with Gasteiger partial charge in [-0.3, -0.25) is 14.5 Å². The minimum Gasteiger partial charge on any atom is -0.454 e. The molecule has 4 rings (SSSR count). The molecule has 2 aliphatic rings. The summed E-state index contributed by atoms with van der Waals surface area (Å²) in [5.41, 5.74) is 1.45. The van der Waals surface area contributed by atoms with Gasteiger partial charge in [0.1, 0.15) is 6.04 Å². The maximum Gasteiger partial charge on any atom is 0.325 e. The van der Waals surface area contributed by atoms with Crippen LogP contribution in [0.5, 0.6) is 11.5 Å². The topological polar surface area (TPSA) is 97.0 Å². The number of para-hydroxylation sites is 1. The normalized spacial score (nSPS) is 17.6. The fourth-order valence-electron chi connectivity index (χ4n) is 3.16. The summed E-state index contributed by atoms with van der Waals surface area (Å²) in [6.45, 7) is 0.295. The van der Waals surface area contributed by atoms with E-state index in [-0.39, 0.29) is 38.0 Å². The molecule has 4 amide bonds. The summed E-state index contributed by atoms with van der Waals surface area (Å²) < 4.78 is 10.6. The Morgan fingerprint density at radius 1 is 1.11 bits per heavy atom. The minimum absolute atomic E-state index is 0.128. The molecular weight excluding hydrogens is 362 g/mol. The van der Waals surface area contributed by atoms with Crippen molar-refractivity contribution in [3.8, 4) is 11.5 Å². The van der Waals surface area contributed by atoms with Crippen LogP contribution in [-0.4, -0.2) is 35.6 Å². The molecule has 0 bridgehead atoms. The van der Waals surface area contributed by atoms with Gasteiger partial charge in [-0.25, -0.2) is 4.79 Å². The summed E-state index contributed by atoms with van der Waals surface area (Å²) in [6.07, 6.45) is 0.365. The highest BCUT2D eigenvalue weighted by molar-refractivity contribution is 6.04. The van der Waals surface area contributed by atoms with E-state index in [1.807, 2.05) is 18.2 Å². The molecule has 28 heavy (non-hydrogen) atoms. The fourth-order valence-corrected chi connectivity index (χ4v) is 3.16. The number of carbonyl (C=O) groups excluding carboxylic acids is 3. The number of nitrogens with zero attached hydrogens (tertiary/aromatic N) is 1. The van der Waals surface area contributed by atoms with Crippen molar-refractivity contribution < 1.29 is 23.9 Å². The van der Waals surface area contributed by atoms with Crippen LogP contribution in [0, 0.1) is 0 Å². The number of urea groups is 1. The van der Waals surface area contributed by atoms with Crippen LogP contribution in [0.2, 0.25) is 0 Å². The Hall–Kier alpha value is -3.55. The Kier molecular flexibility index (Phi) is 4.84. The van der Waals surface area contributed by atoms with Crippen LogP contribution in [0.3, 0.4) is 0 Å². The molecule has 1 fully saturated rings. The van der Waals surface area contributed by atoms with Crippen LogP contribution >= 0.6 is 0 Å². The lowest BCUT2D eigenvalue weighted by molar-refractivity contribution is -0.128. The Bertz CT molecular complexity index is 915. The molecule has 2 heterocycles. The summed E-state index contributed by atoms with van der Waals surface area (Å²) in [6, 6.07) is 13.2. The van der Waals surface area contributed by atoms with Crippen molar-refractivity contribution in [1.29, 1.82) is 0 Å². The number of fused-ring (bicyclic) bond motifs is 1. The van der Waals surface area contributed by atoms with Crippen molar-refractivity contribution in [1.82, 2.24) is 10.2 Å². The number of rotatable bonds is 6. The van der Waals surface area contributed by atoms with Gasteiger partial charge >= 0.3 is 6.03 Å². The molecule has 2 N–H and O–H groups in total. The Labute approximate surface area is 161 Å². The first-order valence-electron chi connectivity index (χ1n) is 8.95. The van der Waals surface area contributed by atoms with Crippen LogP contribution in [0.15, 0.2) is 48.5 Å². The van der Waals surface area contributed by atoms with Crippen molar-refractivity contribution in [2.75, 3.05) is 12.1 Å². The van der Waals surface area contributed by atoms with Gasteiger partial charge in [0.25, 0.3) is 5.91 Å². The van der Waals surface area contributed by atoms with Gasteiger partial charge in [-0.1, -0.05) is 24.3 Å². The standard InChI is InChI=1S/C20H19N3O5/c24-18(21-14-4-2-1-3-5-14)9-7-15-19(25)23(20(26)22-15)11-13-6-8-16-17(10-13)28-12-27-16/h1-6,8,10,15H,7,9,11-12H2,(H,21,24)(H,22,26)/t15-/m1/s1. The van der Waals surface area contributed by atoms with E-state index < -0.39 is 12.1 Å². The zero-order valence-corrected chi connectivity index (χ0v) is 15.0. The highest BCUT2D eigenvalue weighted by Crippen LogP contribution is 2.33. The quantitative estimate of drug-likeness (QED) is 0.748. The van der Waals surface area contributed by atoms with Crippen molar-refractivity contribution in [3.05, 3.63) is 54.1 Å². The third-order valence-electron chi connectivity index (χ3n) is 4.60. The lowest BCUT2D eigenvalue weighted by Crippen LogP contribution is -2.31. The number of nitrogens with one attached hydrogen (secondary N) is 2. The van der Waals surface area contributed by atoms with E-state index >= 15 is 0 Å². The van der Waals surface area contributed by atoms with Gasteiger partial charge in [0.2, 0.25) is 12.7 Å². The number of carbonyl (C=O) groups is 3. The molecule has 1 atom stereocenters. The SMILES string of the molecule is O=C(CC[C@H]1NC(=O)N(Cc2ccc3c(c2)OCO3)C1=O)Nc1ccccc1. The predicted octanol–water partition coefficient (Wildman–Crippen LogP) is 2.25. The third kappa shape index (κ3) is 3.75. The van der Waals surface area contributed by atoms with Gasteiger partial charge in [0, 0.05) is 12.1 Å². The zero-order valence-electron chi connectivity index (χ0n) is 15.0. The second-order valence-electron chi connectivity index (χ2n) is 6.57. The smallest absolute Gasteiger partial charge is 0.325 e. The molecule has 2 aromatic carbocycles. The lowest BCUT2D eigenvalue weighted by atomic mass is 10.1. The molecule has 8 heteroatoms. The van der Waals surface area contributed by atoms with E-state index in [1.165, 1.54) is 0 Å². The van der Waals surface area contributed by atoms with Crippen molar-refractivity contribution in [2.45, 2.75) is 25.4 Å². The van der Waals surface area contributed by atoms with Crippen LogP contribution in [0.1, 0.15) is 18.4 Å². The number of benzene rings is 2. The summed E-state index contributed by atoms with van der Waals surface area (Å²) in [5, 5.41) is 5.41. The third-order valence-corrected chi connectivity index (χ3v) is 4.60. The molecule has 2 aromatic rings. The molecule has 0 aromatic heterocycles. The number of ether oxygens (including phenoxy) is 2. The molecule has 8 nitrogen and oxygen atoms in total. The summed E-state index contributed by atoms with van der Waals surface area (Å²) in [5.74, 6) is 0.694. The highest BCUT2D eigenvalue weighted by Gasteiger charge is 2.38. The molecule has 0 unspecified atom stereocenters. The van der Waals surface area contributed by atoms with Crippen molar-refractivity contribution in [3.63, 3.8) is 0 Å². The van der Waals surface area contributed by atoms with E-state index in [9.17, 15) is 14.4 Å². The molecule has 144 valence electrons. The molecular formula is C20H19N3O5. The largest absolute Gasteiger partial charge is 0.454 e. The van der Waals surface area contributed by atoms with Crippen LogP contribution in [0.4, 0.5) is 10.5 Å². The monoisotopic (exact) mass is 381 g/mol. The first kappa shape index (κ1) is 17.8. The van der Waals surface area contributed by atoms with Crippen molar-refractivity contribution >= 4 is 23.5 Å². The van der Waals surface area contributed by atoms with Gasteiger partial charge in [0.15, 0.2) is 11.5 Å². The van der Waals surface area contributed by atoms with Gasteiger partial charge in [0.05, 0.1) is 6.54 Å². The van der Waals surface area contributed by atoms with Crippen LogP contribution in [0.25, 0.3) is 0 Å². The van der Waals surface area contributed by atoms with Crippen molar-refractivity contribution in [2.24, 2.45) is 0 Å². The second kappa shape index (κ2) is 7.59. The summed E-state index contributed by atoms with van der Waals surface area (Å²) >= 11 is 0. The lowest BCUT2D eigenvalue weighted by Gasteiger charge is -2.13. The first-order valence-corrected chi connectivity index (χ1v) is 8.95. The number of amides is 4. The summed E-state index contributed by atoms with van der Waals surface area (Å²) in [4.78, 5) is 38.0. The molecule has 0 aliphatic carbocycles. The molecule has 2 aliphatic heterocycles. The average molecular weight is 381 g/mol. The molecule has 0 radical (unpaired) electrons. The van der Waals surface area contributed by atoms with E-state index in [0.717, 1.165) is 10.5 Å². The Balaban J connectivity index is 1.33. The summed E-state index contributed by atoms with van der Waals surface area (Å²) in [7, 11) is 0. The molecule has 0 spiro atoms. The second-order valence-corrected chi connectivity index (χ2v) is 6.57. The van der Waals surface area contributed by atoms with E-state index in [1.54, 1.807) is 30.3 Å². The number of hydrogen-bond acceptors (Lipinski definition) is 5. The highest BCUT2D eigenvalue weighted by atomic mass is 16.7. The maximum atomic E-state index is 12.6. The molecule has 0 saturated carbocycles. The maximum absolute atomic E-state index is 12.6. The van der Waals surface area contributed by atoms with E-state index in [2.05, 4.69) is 10.6 Å². The van der Waals surface area contributed by atoms with Gasteiger partial charge in [-0.2, -0.15) is 0 Å². The fraction of sp³-hybridized carbons (Fsp3) is 0.250. The number of anilines is 1. The van der Waals surface area contributed by atoms with Crippen LogP contribution in [-0.2, 0) is 16.1 Å². The van der Waals surface area contributed by atoms with E-state index in [0.29, 0.717) is 17.2 Å². The van der Waals surface area contributed by atoms with Gasteiger partial charge < -0.3 is 20.1 Å². The van der Waals surface area contributed by atoms with Gasteiger partial charge in [-0.15, -0.1) is 0 Å². The predicted molar refractivity (Wildman–Crippen MR) is 99.7 cm³/mol. The van der Waals surface area contributed by atoms with Crippen LogP contribution < -0.4 is 20.1 Å². The average Bonchev–Trinajstić information content (AvgIpc) is 3.26. The number of hydrogen-bond donors (Lipinski definition) is 2. The first-order chi connectivity index (χ1) is 13.6. The Morgan fingerprint density at radius 3 is 2.71 bits per heavy atom. The van der Waals surface area contributed by atoms with E-state index in [4.69, 9.17) is 9.47 Å². The molecule has 1 saturated heterocycles.